The van der Waals surface area contributed by atoms with E-state index in [-0.39, 0.29) is 23.7 Å². The molecular formula is C26H34N2O3. The Morgan fingerprint density at radius 2 is 1.90 bits per heavy atom. The van der Waals surface area contributed by atoms with Gasteiger partial charge in [-0.1, -0.05) is 55.8 Å². The number of hydrogen-bond donors (Lipinski definition) is 1. The Bertz CT molecular complexity index is 887. The monoisotopic (exact) mass is 422 g/mol. The average Bonchev–Trinajstić information content (AvgIpc) is 3.29. The number of amides is 2. The van der Waals surface area contributed by atoms with E-state index < -0.39 is 0 Å². The first-order valence-corrected chi connectivity index (χ1v) is 11.1. The van der Waals surface area contributed by atoms with Crippen molar-refractivity contribution in [2.75, 3.05) is 13.6 Å². The fraction of sp³-hybridized carbons (Fsp3) is 0.462. The van der Waals surface area contributed by atoms with Crippen LogP contribution in [0.15, 0.2) is 64.8 Å². The van der Waals surface area contributed by atoms with Crippen LogP contribution < -0.4 is 5.32 Å². The summed E-state index contributed by atoms with van der Waals surface area (Å²) in [6, 6.07) is 13.5. The van der Waals surface area contributed by atoms with E-state index in [1.807, 2.05) is 42.3 Å². The first kappa shape index (κ1) is 22.9. The van der Waals surface area contributed by atoms with E-state index in [4.69, 9.17) is 4.42 Å². The molecule has 166 valence electrons. The van der Waals surface area contributed by atoms with Crippen molar-refractivity contribution in [2.24, 2.45) is 23.7 Å². The molecule has 0 spiro atoms. The topological polar surface area (TPSA) is 62.6 Å². The smallest absolute Gasteiger partial charge is 0.286 e. The van der Waals surface area contributed by atoms with E-state index in [1.54, 1.807) is 12.1 Å². The van der Waals surface area contributed by atoms with Gasteiger partial charge in [0.25, 0.3) is 5.91 Å². The van der Waals surface area contributed by atoms with Crippen molar-refractivity contribution in [3.05, 3.63) is 71.7 Å². The maximum atomic E-state index is 12.9. The second kappa shape index (κ2) is 10.5. The minimum atomic E-state index is -0.182. The van der Waals surface area contributed by atoms with Crippen LogP contribution in [0.3, 0.4) is 0 Å². The number of rotatable bonds is 8. The minimum Gasteiger partial charge on any atom is -0.459 e. The zero-order valence-electron chi connectivity index (χ0n) is 19.0. The summed E-state index contributed by atoms with van der Waals surface area (Å²) in [4.78, 5) is 27.0. The Balaban J connectivity index is 1.61. The predicted molar refractivity (Wildman–Crippen MR) is 122 cm³/mol. The summed E-state index contributed by atoms with van der Waals surface area (Å²) in [5.41, 5.74) is 2.39. The van der Waals surface area contributed by atoms with Gasteiger partial charge in [-0.05, 0) is 54.7 Å². The standard InChI is InChI=1S/C26H34N2O3/c1-18(2)23-14-21(15-25(29)28(4)17-20-9-6-5-7-10-20)19(3)13-22(23)16-27-26(30)24-11-8-12-31-24/h5-13,18,21-23H,14-17H2,1-4H3,(H,27,30). The van der Waals surface area contributed by atoms with Crippen molar-refractivity contribution in [2.45, 2.75) is 40.2 Å². The summed E-state index contributed by atoms with van der Waals surface area (Å²) in [5, 5.41) is 3.01. The molecule has 0 aliphatic heterocycles. The number of allylic oxidation sites excluding steroid dienone is 1. The van der Waals surface area contributed by atoms with Gasteiger partial charge < -0.3 is 14.6 Å². The number of carbonyl (C=O) groups is 2. The lowest BCUT2D eigenvalue weighted by molar-refractivity contribution is -0.131. The highest BCUT2D eigenvalue weighted by molar-refractivity contribution is 5.91. The molecular weight excluding hydrogens is 388 g/mol. The van der Waals surface area contributed by atoms with Crippen LogP contribution in [0.1, 0.15) is 49.7 Å². The van der Waals surface area contributed by atoms with E-state index in [2.05, 4.69) is 32.2 Å². The van der Waals surface area contributed by atoms with Gasteiger partial charge in [0.2, 0.25) is 5.91 Å². The highest BCUT2D eigenvalue weighted by Gasteiger charge is 2.33. The molecule has 1 aliphatic rings. The molecule has 3 atom stereocenters. The summed E-state index contributed by atoms with van der Waals surface area (Å²) in [6.45, 7) is 7.77. The molecule has 0 fully saturated rings. The molecule has 1 aromatic carbocycles. The van der Waals surface area contributed by atoms with Crippen LogP contribution in [-0.4, -0.2) is 30.3 Å². The average molecular weight is 423 g/mol. The van der Waals surface area contributed by atoms with Crippen LogP contribution in [0.4, 0.5) is 0 Å². The summed E-state index contributed by atoms with van der Waals surface area (Å²) >= 11 is 0. The summed E-state index contributed by atoms with van der Waals surface area (Å²) in [5.74, 6) is 1.71. The number of benzene rings is 1. The summed E-state index contributed by atoms with van der Waals surface area (Å²) in [7, 11) is 1.88. The number of carbonyl (C=O) groups excluding carboxylic acids is 2. The SMILES string of the molecule is CC1=CC(CNC(=O)c2ccco2)C(C(C)C)CC1CC(=O)N(C)Cc1ccccc1. The van der Waals surface area contributed by atoms with E-state index in [1.165, 1.54) is 11.8 Å². The predicted octanol–water partition coefficient (Wildman–Crippen LogP) is 4.91. The minimum absolute atomic E-state index is 0.175. The second-order valence-electron chi connectivity index (χ2n) is 9.04. The largest absolute Gasteiger partial charge is 0.459 e. The third-order valence-corrected chi connectivity index (χ3v) is 6.44. The highest BCUT2D eigenvalue weighted by Crippen LogP contribution is 2.39. The normalized spacial score (nSPS) is 20.9. The van der Waals surface area contributed by atoms with Gasteiger partial charge in [0, 0.05) is 26.6 Å². The van der Waals surface area contributed by atoms with Gasteiger partial charge in [-0.15, -0.1) is 0 Å². The molecule has 0 radical (unpaired) electrons. The number of nitrogens with zero attached hydrogens (tertiary/aromatic N) is 1. The quantitative estimate of drug-likeness (QED) is 0.615. The number of hydrogen-bond acceptors (Lipinski definition) is 3. The molecule has 3 unspecified atom stereocenters. The Morgan fingerprint density at radius 3 is 2.55 bits per heavy atom. The van der Waals surface area contributed by atoms with Gasteiger partial charge in [0.15, 0.2) is 5.76 Å². The van der Waals surface area contributed by atoms with E-state index >= 15 is 0 Å². The molecule has 3 rings (SSSR count). The Hall–Kier alpha value is -2.82. The number of nitrogens with one attached hydrogen (secondary N) is 1. The molecule has 0 bridgehead atoms. The van der Waals surface area contributed by atoms with Gasteiger partial charge in [-0.3, -0.25) is 9.59 Å². The van der Waals surface area contributed by atoms with Crippen molar-refractivity contribution >= 4 is 11.8 Å². The van der Waals surface area contributed by atoms with E-state index in [0.717, 1.165) is 12.0 Å². The number of furan rings is 1. The van der Waals surface area contributed by atoms with Crippen molar-refractivity contribution in [1.82, 2.24) is 10.2 Å². The lowest BCUT2D eigenvalue weighted by Gasteiger charge is -2.37. The van der Waals surface area contributed by atoms with Gasteiger partial charge in [-0.2, -0.15) is 0 Å². The molecule has 5 heteroatoms. The first-order valence-electron chi connectivity index (χ1n) is 11.1. The van der Waals surface area contributed by atoms with Gasteiger partial charge in [-0.25, -0.2) is 0 Å². The van der Waals surface area contributed by atoms with Gasteiger partial charge in [0.1, 0.15) is 0 Å². The lowest BCUT2D eigenvalue weighted by Crippen LogP contribution is -2.37. The maximum Gasteiger partial charge on any atom is 0.286 e. The molecule has 0 saturated carbocycles. The molecule has 2 aromatic rings. The Labute approximate surface area is 185 Å². The van der Waals surface area contributed by atoms with Crippen LogP contribution in [0.25, 0.3) is 0 Å². The van der Waals surface area contributed by atoms with Crippen LogP contribution in [0.5, 0.6) is 0 Å². The molecule has 2 amide bonds. The van der Waals surface area contributed by atoms with Crippen LogP contribution in [0, 0.1) is 23.7 Å². The zero-order valence-corrected chi connectivity index (χ0v) is 19.0. The van der Waals surface area contributed by atoms with Crippen LogP contribution in [-0.2, 0) is 11.3 Å². The molecule has 1 heterocycles. The van der Waals surface area contributed by atoms with Crippen molar-refractivity contribution in [1.29, 1.82) is 0 Å². The van der Waals surface area contributed by atoms with E-state index in [0.29, 0.717) is 37.1 Å². The third kappa shape index (κ3) is 6.09. The molecule has 5 nitrogen and oxygen atoms in total. The molecule has 1 aromatic heterocycles. The molecule has 1 aliphatic carbocycles. The Kier molecular flexibility index (Phi) is 7.72. The molecule has 0 saturated heterocycles. The van der Waals surface area contributed by atoms with Gasteiger partial charge >= 0.3 is 0 Å². The van der Waals surface area contributed by atoms with Crippen molar-refractivity contribution < 1.29 is 14.0 Å². The third-order valence-electron chi connectivity index (χ3n) is 6.44. The maximum absolute atomic E-state index is 12.9. The Morgan fingerprint density at radius 1 is 1.16 bits per heavy atom. The van der Waals surface area contributed by atoms with Crippen LogP contribution in [0.2, 0.25) is 0 Å². The zero-order chi connectivity index (χ0) is 22.4. The molecule has 1 N–H and O–H groups in total. The van der Waals surface area contributed by atoms with E-state index in [9.17, 15) is 9.59 Å². The van der Waals surface area contributed by atoms with Crippen molar-refractivity contribution in [3.63, 3.8) is 0 Å². The second-order valence-corrected chi connectivity index (χ2v) is 9.04. The van der Waals surface area contributed by atoms with Crippen LogP contribution >= 0.6 is 0 Å². The van der Waals surface area contributed by atoms with Crippen molar-refractivity contribution in [3.8, 4) is 0 Å². The lowest BCUT2D eigenvalue weighted by atomic mass is 9.69. The molecule has 31 heavy (non-hydrogen) atoms. The first-order chi connectivity index (χ1) is 14.8. The van der Waals surface area contributed by atoms with Gasteiger partial charge in [0.05, 0.1) is 6.26 Å². The fourth-order valence-electron chi connectivity index (χ4n) is 4.53. The fourth-order valence-corrected chi connectivity index (χ4v) is 4.53. The summed E-state index contributed by atoms with van der Waals surface area (Å²) < 4.78 is 5.19. The highest BCUT2D eigenvalue weighted by atomic mass is 16.3. The summed E-state index contributed by atoms with van der Waals surface area (Å²) in [6.07, 6.45) is 5.27.